The van der Waals surface area contributed by atoms with E-state index in [0.29, 0.717) is 33.0 Å². The first-order valence-corrected chi connectivity index (χ1v) is 9.23. The van der Waals surface area contributed by atoms with Crippen molar-refractivity contribution in [2.24, 2.45) is 0 Å². The topological polar surface area (TPSA) is 49.4 Å². The van der Waals surface area contributed by atoms with Gasteiger partial charge in [-0.2, -0.15) is 0 Å². The molecular weight excluding hydrogens is 375 g/mol. The lowest BCUT2D eigenvalue weighted by atomic mass is 10.2. The Morgan fingerprint density at radius 3 is 2.78 bits per heavy atom. The fourth-order valence-electron chi connectivity index (χ4n) is 2.16. The van der Waals surface area contributed by atoms with Gasteiger partial charge in [-0.1, -0.05) is 54.1 Å². The molecule has 0 aromatic heterocycles. The normalized spacial score (nSPS) is 17.7. The van der Waals surface area contributed by atoms with Crippen LogP contribution in [0.2, 0.25) is 10.0 Å². The fraction of sp³-hybridized carbons (Fsp3) is 0.400. The number of rotatable bonds is 6. The van der Waals surface area contributed by atoms with Crippen molar-refractivity contribution in [3.8, 4) is 0 Å². The highest BCUT2D eigenvalue weighted by molar-refractivity contribution is 8.24. The number of hydrogen-bond donors (Lipinski definition) is 1. The van der Waals surface area contributed by atoms with Gasteiger partial charge in [-0.3, -0.25) is 14.5 Å². The maximum absolute atomic E-state index is 12.1. The number of halogens is 2. The molecule has 2 rings (SSSR count). The number of nitrogens with one attached hydrogen (secondary N) is 1. The summed E-state index contributed by atoms with van der Waals surface area (Å²) in [6, 6.07) is 4.89. The molecule has 124 valence electrons. The van der Waals surface area contributed by atoms with Gasteiger partial charge in [0.2, 0.25) is 11.8 Å². The maximum Gasteiger partial charge on any atom is 0.241 e. The number of benzene rings is 1. The van der Waals surface area contributed by atoms with Crippen LogP contribution in [-0.4, -0.2) is 32.8 Å². The van der Waals surface area contributed by atoms with Crippen LogP contribution in [0.15, 0.2) is 18.2 Å². The van der Waals surface area contributed by atoms with Gasteiger partial charge in [-0.25, -0.2) is 0 Å². The molecule has 8 heteroatoms. The molecule has 1 aromatic rings. The SMILES string of the molecule is CCC1SC(=S)N(CCCC(=O)Nc2ccc(Cl)cc2Cl)C1=O. The van der Waals surface area contributed by atoms with Gasteiger partial charge in [0.15, 0.2) is 0 Å². The van der Waals surface area contributed by atoms with E-state index in [1.807, 2.05) is 6.92 Å². The van der Waals surface area contributed by atoms with Crippen molar-refractivity contribution < 1.29 is 9.59 Å². The minimum atomic E-state index is -0.161. The van der Waals surface area contributed by atoms with E-state index in [0.717, 1.165) is 6.42 Å². The van der Waals surface area contributed by atoms with E-state index in [9.17, 15) is 9.59 Å². The molecule has 0 spiro atoms. The van der Waals surface area contributed by atoms with Gasteiger partial charge in [0.1, 0.15) is 4.32 Å². The number of thiocarbonyl (C=S) groups is 1. The van der Waals surface area contributed by atoms with Gasteiger partial charge in [0.05, 0.1) is 16.0 Å². The highest BCUT2D eigenvalue weighted by Crippen LogP contribution is 2.29. The summed E-state index contributed by atoms with van der Waals surface area (Å²) < 4.78 is 0.600. The summed E-state index contributed by atoms with van der Waals surface area (Å²) in [7, 11) is 0. The van der Waals surface area contributed by atoms with Crippen LogP contribution in [0.4, 0.5) is 5.69 Å². The van der Waals surface area contributed by atoms with Crippen molar-refractivity contribution in [3.63, 3.8) is 0 Å². The monoisotopic (exact) mass is 390 g/mol. The summed E-state index contributed by atoms with van der Waals surface area (Å²) >= 11 is 18.5. The van der Waals surface area contributed by atoms with Crippen LogP contribution in [-0.2, 0) is 9.59 Å². The molecule has 0 radical (unpaired) electrons. The molecule has 1 aromatic carbocycles. The third-order valence-corrected chi connectivity index (χ3v) is 5.66. The van der Waals surface area contributed by atoms with Crippen molar-refractivity contribution in [1.29, 1.82) is 0 Å². The van der Waals surface area contributed by atoms with Crippen LogP contribution in [0.5, 0.6) is 0 Å². The molecule has 1 N–H and O–H groups in total. The highest BCUT2D eigenvalue weighted by atomic mass is 35.5. The number of amides is 2. The van der Waals surface area contributed by atoms with Gasteiger partial charge in [0, 0.05) is 18.0 Å². The van der Waals surface area contributed by atoms with E-state index in [-0.39, 0.29) is 23.5 Å². The molecule has 2 amide bonds. The first-order valence-electron chi connectivity index (χ1n) is 7.19. The smallest absolute Gasteiger partial charge is 0.241 e. The molecule has 1 fully saturated rings. The van der Waals surface area contributed by atoms with Crippen molar-refractivity contribution in [1.82, 2.24) is 4.90 Å². The maximum atomic E-state index is 12.1. The number of thioether (sulfide) groups is 1. The van der Waals surface area contributed by atoms with Gasteiger partial charge < -0.3 is 5.32 Å². The number of anilines is 1. The molecule has 23 heavy (non-hydrogen) atoms. The zero-order valence-corrected chi connectivity index (χ0v) is 15.6. The summed E-state index contributed by atoms with van der Waals surface area (Å²) in [6.07, 6.45) is 1.59. The molecule has 4 nitrogen and oxygen atoms in total. The molecule has 1 aliphatic heterocycles. The quantitative estimate of drug-likeness (QED) is 0.733. The molecule has 0 aliphatic carbocycles. The van der Waals surface area contributed by atoms with E-state index in [1.165, 1.54) is 11.8 Å². The summed E-state index contributed by atoms with van der Waals surface area (Å²) in [5.74, 6) is -0.116. The average molecular weight is 391 g/mol. The van der Waals surface area contributed by atoms with Crippen molar-refractivity contribution in [2.45, 2.75) is 31.4 Å². The van der Waals surface area contributed by atoms with Crippen LogP contribution >= 0.6 is 47.2 Å². The minimum absolute atomic E-state index is 0.0450. The Morgan fingerprint density at radius 1 is 1.43 bits per heavy atom. The Kier molecular flexibility index (Phi) is 6.71. The lowest BCUT2D eigenvalue weighted by Gasteiger charge is -2.15. The number of hydrogen-bond acceptors (Lipinski definition) is 4. The Balaban J connectivity index is 1.81. The summed E-state index contributed by atoms with van der Waals surface area (Å²) in [6.45, 7) is 2.42. The van der Waals surface area contributed by atoms with Crippen LogP contribution in [0.1, 0.15) is 26.2 Å². The summed E-state index contributed by atoms with van der Waals surface area (Å²) in [5, 5.41) is 3.56. The lowest BCUT2D eigenvalue weighted by molar-refractivity contribution is -0.126. The Hall–Kier alpha value is -0.820. The standard InChI is InChI=1S/C15H16Cl2N2O2S2/c1-2-12-14(21)19(15(22)23-12)7-3-4-13(20)18-11-6-5-9(16)8-10(11)17/h5-6,8,12H,2-4,7H2,1H3,(H,18,20). The van der Waals surface area contributed by atoms with E-state index in [1.54, 1.807) is 23.1 Å². The number of carbonyl (C=O) groups is 2. The first kappa shape index (κ1) is 18.5. The third kappa shape index (κ3) is 4.83. The second kappa shape index (κ2) is 8.33. The first-order chi connectivity index (χ1) is 10.9. The number of carbonyl (C=O) groups excluding carboxylic acids is 2. The van der Waals surface area contributed by atoms with Crippen LogP contribution in [0.25, 0.3) is 0 Å². The molecule has 0 saturated carbocycles. The Labute approximate surface area is 154 Å². The minimum Gasteiger partial charge on any atom is -0.325 e. The molecule has 1 aliphatic rings. The molecule has 1 atom stereocenters. The van der Waals surface area contributed by atoms with E-state index < -0.39 is 0 Å². The van der Waals surface area contributed by atoms with Crippen molar-refractivity contribution in [2.75, 3.05) is 11.9 Å². The molecule has 1 heterocycles. The fourth-order valence-corrected chi connectivity index (χ4v) is 4.09. The molecule has 0 bridgehead atoms. The molecular formula is C15H16Cl2N2O2S2. The van der Waals surface area contributed by atoms with Crippen LogP contribution < -0.4 is 5.32 Å². The number of nitrogens with zero attached hydrogens (tertiary/aromatic N) is 1. The Bertz CT molecular complexity index is 640. The summed E-state index contributed by atoms with van der Waals surface area (Å²) in [5.41, 5.74) is 0.524. The van der Waals surface area contributed by atoms with E-state index >= 15 is 0 Å². The van der Waals surface area contributed by atoms with Crippen molar-refractivity contribution in [3.05, 3.63) is 28.2 Å². The second-order valence-corrected chi connectivity index (χ2v) is 7.73. The highest BCUT2D eigenvalue weighted by Gasteiger charge is 2.35. The largest absolute Gasteiger partial charge is 0.325 e. The van der Waals surface area contributed by atoms with Crippen LogP contribution in [0.3, 0.4) is 0 Å². The Morgan fingerprint density at radius 2 is 2.17 bits per heavy atom. The van der Waals surface area contributed by atoms with Gasteiger partial charge in [0.25, 0.3) is 0 Å². The third-order valence-electron chi connectivity index (χ3n) is 3.37. The van der Waals surface area contributed by atoms with Crippen LogP contribution in [0, 0.1) is 0 Å². The second-order valence-electron chi connectivity index (χ2n) is 5.05. The summed E-state index contributed by atoms with van der Waals surface area (Å²) in [4.78, 5) is 25.6. The molecule has 1 saturated heterocycles. The van der Waals surface area contributed by atoms with Gasteiger partial charge in [-0.15, -0.1) is 0 Å². The predicted octanol–water partition coefficient (Wildman–Crippen LogP) is 4.35. The zero-order valence-electron chi connectivity index (χ0n) is 12.5. The predicted molar refractivity (Wildman–Crippen MR) is 100 cm³/mol. The zero-order chi connectivity index (χ0) is 17.0. The average Bonchev–Trinajstić information content (AvgIpc) is 2.77. The van der Waals surface area contributed by atoms with Gasteiger partial charge >= 0.3 is 0 Å². The molecule has 1 unspecified atom stereocenters. The van der Waals surface area contributed by atoms with E-state index in [4.69, 9.17) is 35.4 Å². The van der Waals surface area contributed by atoms with Gasteiger partial charge in [-0.05, 0) is 31.0 Å². The van der Waals surface area contributed by atoms with E-state index in [2.05, 4.69) is 5.32 Å². The lowest BCUT2D eigenvalue weighted by Crippen LogP contribution is -2.32. The van der Waals surface area contributed by atoms with Crippen molar-refractivity contribution >= 4 is 69.0 Å².